The molecule has 0 radical (unpaired) electrons. The number of nitrogens with zero attached hydrogens (tertiary/aromatic N) is 4. The first-order chi connectivity index (χ1) is 14.4. The van der Waals surface area contributed by atoms with Crippen LogP contribution in [-0.2, 0) is 21.4 Å². The lowest BCUT2D eigenvalue weighted by atomic mass is 10.2. The van der Waals surface area contributed by atoms with Gasteiger partial charge >= 0.3 is 0 Å². The van der Waals surface area contributed by atoms with E-state index in [1.54, 1.807) is 31.3 Å². The SMILES string of the molecule is Cc1sc2ncn(CC(=O)Nc3ccccn3)c(=O)c2c1S(=O)(=O)N1CCCCC1. The Labute approximate surface area is 177 Å². The van der Waals surface area contributed by atoms with Crippen LogP contribution in [0.15, 0.2) is 40.4 Å². The number of anilines is 1. The number of amides is 1. The van der Waals surface area contributed by atoms with Gasteiger partial charge in [0.1, 0.15) is 22.1 Å². The van der Waals surface area contributed by atoms with Gasteiger partial charge in [-0.3, -0.25) is 14.2 Å². The molecule has 0 spiro atoms. The molecule has 0 saturated carbocycles. The van der Waals surface area contributed by atoms with Crippen molar-refractivity contribution in [1.82, 2.24) is 18.8 Å². The lowest BCUT2D eigenvalue weighted by Crippen LogP contribution is -2.36. The number of hydrogen-bond acceptors (Lipinski definition) is 7. The van der Waals surface area contributed by atoms with Gasteiger partial charge in [-0.05, 0) is 31.9 Å². The number of thiophene rings is 1. The van der Waals surface area contributed by atoms with E-state index in [9.17, 15) is 18.0 Å². The average molecular weight is 448 g/mol. The molecule has 9 nitrogen and oxygen atoms in total. The van der Waals surface area contributed by atoms with Crippen LogP contribution in [0.4, 0.5) is 5.82 Å². The van der Waals surface area contributed by atoms with Gasteiger partial charge in [-0.25, -0.2) is 18.4 Å². The number of fused-ring (bicyclic) bond motifs is 1. The number of aryl methyl sites for hydroxylation is 1. The highest BCUT2D eigenvalue weighted by Crippen LogP contribution is 2.33. The molecule has 11 heteroatoms. The van der Waals surface area contributed by atoms with Crippen LogP contribution in [0.25, 0.3) is 10.2 Å². The summed E-state index contributed by atoms with van der Waals surface area (Å²) < 4.78 is 29.1. The molecule has 3 aromatic heterocycles. The number of sulfonamides is 1. The number of aromatic nitrogens is 3. The predicted octanol–water partition coefficient (Wildman–Crippen LogP) is 1.97. The van der Waals surface area contributed by atoms with E-state index in [1.165, 1.54) is 22.0 Å². The van der Waals surface area contributed by atoms with Gasteiger partial charge in [0, 0.05) is 24.2 Å². The number of carbonyl (C=O) groups is 1. The third kappa shape index (κ3) is 3.87. The second-order valence-corrected chi connectivity index (χ2v) is 10.2. The van der Waals surface area contributed by atoms with Crippen molar-refractivity contribution in [2.24, 2.45) is 0 Å². The molecule has 1 N–H and O–H groups in total. The summed E-state index contributed by atoms with van der Waals surface area (Å²) in [5, 5.41) is 2.66. The molecular formula is C19H21N5O4S2. The van der Waals surface area contributed by atoms with E-state index in [2.05, 4.69) is 15.3 Å². The molecular weight excluding hydrogens is 426 g/mol. The Morgan fingerprint density at radius 3 is 2.67 bits per heavy atom. The van der Waals surface area contributed by atoms with Gasteiger partial charge < -0.3 is 5.32 Å². The Hall–Kier alpha value is -2.63. The second kappa shape index (κ2) is 8.25. The Bertz CT molecular complexity index is 1250. The molecule has 0 aromatic carbocycles. The largest absolute Gasteiger partial charge is 0.309 e. The molecule has 1 fully saturated rings. The van der Waals surface area contributed by atoms with Crippen molar-refractivity contribution < 1.29 is 13.2 Å². The standard InChI is InChI=1S/C19H21N5O4S2/c1-13-17(30(27,28)24-9-5-2-6-10-24)16-18(29-13)21-12-23(19(16)26)11-15(25)22-14-7-3-4-8-20-14/h3-4,7-8,12H,2,5-6,9-11H2,1H3,(H,20,22,25). The molecule has 0 unspecified atom stereocenters. The molecule has 1 aliphatic rings. The summed E-state index contributed by atoms with van der Waals surface area (Å²) in [5.41, 5.74) is -0.545. The minimum atomic E-state index is -3.81. The van der Waals surface area contributed by atoms with Crippen molar-refractivity contribution in [2.45, 2.75) is 37.6 Å². The highest BCUT2D eigenvalue weighted by Gasteiger charge is 2.32. The van der Waals surface area contributed by atoms with Gasteiger partial charge in [-0.15, -0.1) is 11.3 Å². The zero-order valence-corrected chi connectivity index (χ0v) is 18.0. The molecule has 3 aromatic rings. The maximum atomic E-state index is 13.3. The van der Waals surface area contributed by atoms with Gasteiger partial charge in [0.05, 0.1) is 11.7 Å². The van der Waals surface area contributed by atoms with Crippen LogP contribution < -0.4 is 10.9 Å². The Morgan fingerprint density at radius 2 is 1.97 bits per heavy atom. The minimum absolute atomic E-state index is 0.0152. The van der Waals surface area contributed by atoms with E-state index in [0.29, 0.717) is 28.6 Å². The van der Waals surface area contributed by atoms with Crippen LogP contribution >= 0.6 is 11.3 Å². The molecule has 1 aliphatic heterocycles. The summed E-state index contributed by atoms with van der Waals surface area (Å²) in [7, 11) is -3.81. The zero-order chi connectivity index (χ0) is 21.3. The van der Waals surface area contributed by atoms with Gasteiger partial charge in [-0.2, -0.15) is 4.31 Å². The Kier molecular flexibility index (Phi) is 5.67. The Balaban J connectivity index is 1.71. The van der Waals surface area contributed by atoms with E-state index in [1.807, 2.05) is 0 Å². The number of hydrogen-bond donors (Lipinski definition) is 1. The third-order valence-electron chi connectivity index (χ3n) is 4.96. The fourth-order valence-electron chi connectivity index (χ4n) is 3.54. The summed E-state index contributed by atoms with van der Waals surface area (Å²) in [4.78, 5) is 34.6. The van der Waals surface area contributed by atoms with Crippen molar-refractivity contribution >= 4 is 43.3 Å². The zero-order valence-electron chi connectivity index (χ0n) is 16.4. The second-order valence-electron chi connectivity index (χ2n) is 7.07. The fourth-order valence-corrected chi connectivity index (χ4v) is 6.73. The molecule has 30 heavy (non-hydrogen) atoms. The van der Waals surface area contributed by atoms with Gasteiger partial charge in [-0.1, -0.05) is 12.5 Å². The van der Waals surface area contributed by atoms with E-state index >= 15 is 0 Å². The molecule has 4 rings (SSSR count). The molecule has 158 valence electrons. The number of nitrogens with one attached hydrogen (secondary N) is 1. The summed E-state index contributed by atoms with van der Waals surface area (Å²) in [6, 6.07) is 5.09. The lowest BCUT2D eigenvalue weighted by Gasteiger charge is -2.25. The van der Waals surface area contributed by atoms with Crippen molar-refractivity contribution in [3.05, 3.63) is 46.0 Å². The van der Waals surface area contributed by atoms with Gasteiger partial charge in [0.2, 0.25) is 15.9 Å². The first kappa shape index (κ1) is 20.6. The Morgan fingerprint density at radius 1 is 1.20 bits per heavy atom. The first-order valence-electron chi connectivity index (χ1n) is 9.57. The maximum Gasteiger partial charge on any atom is 0.263 e. The minimum Gasteiger partial charge on any atom is -0.309 e. The molecule has 4 heterocycles. The van der Waals surface area contributed by atoms with Crippen molar-refractivity contribution in [3.8, 4) is 0 Å². The number of pyridine rings is 1. The van der Waals surface area contributed by atoms with Crippen LogP contribution in [0.2, 0.25) is 0 Å². The summed E-state index contributed by atoms with van der Waals surface area (Å²) in [6.45, 7) is 2.28. The van der Waals surface area contributed by atoms with Crippen LogP contribution in [0, 0.1) is 6.92 Å². The van der Waals surface area contributed by atoms with E-state index in [4.69, 9.17) is 0 Å². The highest BCUT2D eigenvalue weighted by atomic mass is 32.2. The quantitative estimate of drug-likeness (QED) is 0.640. The average Bonchev–Trinajstić information content (AvgIpc) is 3.09. The van der Waals surface area contributed by atoms with Crippen LogP contribution in [0.1, 0.15) is 24.1 Å². The highest BCUT2D eigenvalue weighted by molar-refractivity contribution is 7.89. The lowest BCUT2D eigenvalue weighted by molar-refractivity contribution is -0.116. The third-order valence-corrected chi connectivity index (χ3v) is 8.17. The molecule has 0 atom stereocenters. The molecule has 1 amide bonds. The van der Waals surface area contributed by atoms with Crippen molar-refractivity contribution in [3.63, 3.8) is 0 Å². The van der Waals surface area contributed by atoms with E-state index in [-0.39, 0.29) is 16.8 Å². The normalized spacial score (nSPS) is 15.4. The first-order valence-corrected chi connectivity index (χ1v) is 11.8. The van der Waals surface area contributed by atoms with E-state index < -0.39 is 21.5 Å². The predicted molar refractivity (Wildman–Crippen MR) is 114 cm³/mol. The number of rotatable bonds is 5. The van der Waals surface area contributed by atoms with Crippen LogP contribution in [0.3, 0.4) is 0 Å². The van der Waals surface area contributed by atoms with E-state index in [0.717, 1.165) is 23.8 Å². The molecule has 1 saturated heterocycles. The number of piperidine rings is 1. The van der Waals surface area contributed by atoms with Crippen molar-refractivity contribution in [1.29, 1.82) is 0 Å². The fraction of sp³-hybridized carbons (Fsp3) is 0.368. The smallest absolute Gasteiger partial charge is 0.263 e. The van der Waals surface area contributed by atoms with Crippen LogP contribution in [0.5, 0.6) is 0 Å². The maximum absolute atomic E-state index is 13.3. The van der Waals surface area contributed by atoms with Gasteiger partial charge in [0.15, 0.2) is 0 Å². The van der Waals surface area contributed by atoms with Crippen molar-refractivity contribution in [2.75, 3.05) is 18.4 Å². The topological polar surface area (TPSA) is 114 Å². The number of carbonyl (C=O) groups excluding carboxylic acids is 1. The molecule has 0 bridgehead atoms. The molecule has 0 aliphatic carbocycles. The monoisotopic (exact) mass is 447 g/mol. The van der Waals surface area contributed by atoms with Gasteiger partial charge in [0.25, 0.3) is 5.56 Å². The summed E-state index contributed by atoms with van der Waals surface area (Å²) in [6.07, 6.45) is 5.42. The summed E-state index contributed by atoms with van der Waals surface area (Å²) in [5.74, 6) is -0.0892. The van der Waals surface area contributed by atoms with Crippen LogP contribution in [-0.4, -0.2) is 46.3 Å². The summed E-state index contributed by atoms with van der Waals surface area (Å²) >= 11 is 1.17.